The number of hydrogen-bond acceptors (Lipinski definition) is 4. The Balaban J connectivity index is 2.39. The minimum Gasteiger partial charge on any atom is -0.345 e. The first-order valence-electron chi connectivity index (χ1n) is 5.93. The predicted molar refractivity (Wildman–Crippen MR) is 73.0 cm³/mol. The van der Waals surface area contributed by atoms with Gasteiger partial charge in [-0.25, -0.2) is 4.68 Å². The number of rotatable bonds is 3. The summed E-state index contributed by atoms with van der Waals surface area (Å²) in [5.74, 6) is -0.129. The number of nitro benzene ring substituents is 1. The number of non-ortho nitro benzene ring substituents is 1. The molecule has 0 aliphatic heterocycles. The highest BCUT2D eigenvalue weighted by Gasteiger charge is 2.16. The molecule has 0 saturated carbocycles. The average Bonchev–Trinajstić information content (AvgIpc) is 2.79. The van der Waals surface area contributed by atoms with Crippen LogP contribution in [0.1, 0.15) is 16.1 Å². The molecule has 0 saturated heterocycles. The Labute approximate surface area is 115 Å². The molecule has 104 valence electrons. The summed E-state index contributed by atoms with van der Waals surface area (Å²) < 4.78 is 1.58. The summed E-state index contributed by atoms with van der Waals surface area (Å²) in [5, 5.41) is 14.8. The minimum atomic E-state index is -0.458. The van der Waals surface area contributed by atoms with E-state index in [2.05, 4.69) is 5.10 Å². The maximum Gasteiger partial charge on any atom is 0.269 e. The molecule has 2 rings (SSSR count). The van der Waals surface area contributed by atoms with Crippen LogP contribution in [0.5, 0.6) is 0 Å². The number of nitro groups is 1. The molecule has 0 bridgehead atoms. The molecule has 0 fully saturated rings. The van der Waals surface area contributed by atoms with Crippen LogP contribution in [-0.4, -0.2) is 39.6 Å². The largest absolute Gasteiger partial charge is 0.345 e. The lowest BCUT2D eigenvalue weighted by atomic mass is 10.2. The molecule has 0 atom stereocenters. The summed E-state index contributed by atoms with van der Waals surface area (Å²) in [6, 6.07) is 6.01. The normalized spacial score (nSPS) is 10.3. The van der Waals surface area contributed by atoms with E-state index >= 15 is 0 Å². The monoisotopic (exact) mass is 274 g/mol. The third-order valence-corrected chi connectivity index (χ3v) is 2.95. The topological polar surface area (TPSA) is 81.3 Å². The van der Waals surface area contributed by atoms with E-state index in [1.54, 1.807) is 37.8 Å². The van der Waals surface area contributed by atoms with Gasteiger partial charge >= 0.3 is 0 Å². The van der Waals surface area contributed by atoms with E-state index in [4.69, 9.17) is 0 Å². The van der Waals surface area contributed by atoms with Crippen LogP contribution in [-0.2, 0) is 0 Å². The van der Waals surface area contributed by atoms with Crippen molar-refractivity contribution >= 4 is 11.6 Å². The van der Waals surface area contributed by atoms with Gasteiger partial charge in [-0.3, -0.25) is 14.9 Å². The highest BCUT2D eigenvalue weighted by molar-refractivity contribution is 5.94. The Hall–Kier alpha value is -2.70. The first-order valence-corrected chi connectivity index (χ1v) is 5.93. The molecule has 1 amide bonds. The zero-order chi connectivity index (χ0) is 14.9. The van der Waals surface area contributed by atoms with Gasteiger partial charge in [0, 0.05) is 26.2 Å². The van der Waals surface area contributed by atoms with Crippen LogP contribution in [0.3, 0.4) is 0 Å². The summed E-state index contributed by atoms with van der Waals surface area (Å²) in [5.41, 5.74) is 1.89. The maximum absolute atomic E-state index is 11.9. The molecule has 7 nitrogen and oxygen atoms in total. The van der Waals surface area contributed by atoms with Gasteiger partial charge in [0.1, 0.15) is 0 Å². The third kappa shape index (κ3) is 2.37. The molecule has 1 heterocycles. The molecule has 2 aromatic rings. The average molecular weight is 274 g/mol. The van der Waals surface area contributed by atoms with Crippen molar-refractivity contribution in [1.29, 1.82) is 0 Å². The fourth-order valence-electron chi connectivity index (χ4n) is 1.84. The Bertz CT molecular complexity index is 659. The molecule has 20 heavy (non-hydrogen) atoms. The maximum atomic E-state index is 11.9. The molecule has 0 N–H and O–H groups in total. The van der Waals surface area contributed by atoms with Gasteiger partial charge in [-0.05, 0) is 19.1 Å². The van der Waals surface area contributed by atoms with Gasteiger partial charge in [-0.1, -0.05) is 0 Å². The van der Waals surface area contributed by atoms with Crippen molar-refractivity contribution in [2.24, 2.45) is 0 Å². The first-order chi connectivity index (χ1) is 9.41. The minimum absolute atomic E-state index is 0.0168. The van der Waals surface area contributed by atoms with Crippen molar-refractivity contribution < 1.29 is 9.72 Å². The highest BCUT2D eigenvalue weighted by atomic mass is 16.6. The summed E-state index contributed by atoms with van der Waals surface area (Å²) >= 11 is 0. The number of hydrogen-bond donors (Lipinski definition) is 0. The van der Waals surface area contributed by atoms with Crippen molar-refractivity contribution in [2.45, 2.75) is 6.92 Å². The van der Waals surface area contributed by atoms with E-state index in [9.17, 15) is 14.9 Å². The fourth-order valence-corrected chi connectivity index (χ4v) is 1.84. The van der Waals surface area contributed by atoms with Crippen molar-refractivity contribution in [3.8, 4) is 5.69 Å². The smallest absolute Gasteiger partial charge is 0.269 e. The lowest BCUT2D eigenvalue weighted by molar-refractivity contribution is -0.384. The van der Waals surface area contributed by atoms with Crippen LogP contribution in [0.25, 0.3) is 5.69 Å². The first kappa shape index (κ1) is 13.7. The summed E-state index contributed by atoms with van der Waals surface area (Å²) in [6.45, 7) is 1.78. The molecule has 0 aliphatic carbocycles. The van der Waals surface area contributed by atoms with Crippen molar-refractivity contribution in [3.63, 3.8) is 0 Å². The molecule has 0 aliphatic rings. The second-order valence-electron chi connectivity index (χ2n) is 4.53. The van der Waals surface area contributed by atoms with Gasteiger partial charge in [-0.2, -0.15) is 5.10 Å². The number of carbonyl (C=O) groups is 1. The molecule has 0 unspecified atom stereocenters. The standard InChI is InChI=1S/C13H14N4O3/c1-9-12(13(18)15(2)3)8-14-16(9)10-4-6-11(7-5-10)17(19)20/h4-8H,1-3H3. The second kappa shape index (κ2) is 5.12. The predicted octanol–water partition coefficient (Wildman–Crippen LogP) is 1.79. The number of amides is 1. The molecular formula is C13H14N4O3. The molecular weight excluding hydrogens is 260 g/mol. The highest BCUT2D eigenvalue weighted by Crippen LogP contribution is 2.18. The number of aromatic nitrogens is 2. The van der Waals surface area contributed by atoms with E-state index in [-0.39, 0.29) is 11.6 Å². The molecule has 0 radical (unpaired) electrons. The lowest BCUT2D eigenvalue weighted by Gasteiger charge is -2.10. The van der Waals surface area contributed by atoms with Crippen molar-refractivity contribution in [3.05, 3.63) is 51.8 Å². The Morgan fingerprint density at radius 1 is 1.30 bits per heavy atom. The van der Waals surface area contributed by atoms with Crippen LogP contribution in [0.2, 0.25) is 0 Å². The number of carbonyl (C=O) groups excluding carboxylic acids is 1. The summed E-state index contributed by atoms with van der Waals surface area (Å²) in [4.78, 5) is 23.6. The van der Waals surface area contributed by atoms with E-state index in [0.29, 0.717) is 16.9 Å². The Morgan fingerprint density at radius 3 is 2.40 bits per heavy atom. The summed E-state index contributed by atoms with van der Waals surface area (Å²) in [6.07, 6.45) is 1.50. The van der Waals surface area contributed by atoms with Crippen LogP contribution in [0, 0.1) is 17.0 Å². The van der Waals surface area contributed by atoms with Gasteiger partial charge in [0.15, 0.2) is 0 Å². The van der Waals surface area contributed by atoms with E-state index < -0.39 is 4.92 Å². The zero-order valence-corrected chi connectivity index (χ0v) is 11.4. The summed E-state index contributed by atoms with van der Waals surface area (Å²) in [7, 11) is 3.34. The zero-order valence-electron chi connectivity index (χ0n) is 11.4. The molecule has 7 heteroatoms. The molecule has 1 aromatic heterocycles. The van der Waals surface area contributed by atoms with Gasteiger partial charge in [-0.15, -0.1) is 0 Å². The number of nitrogens with zero attached hydrogens (tertiary/aromatic N) is 4. The van der Waals surface area contributed by atoms with Crippen molar-refractivity contribution in [1.82, 2.24) is 14.7 Å². The van der Waals surface area contributed by atoms with E-state index in [1.165, 1.54) is 23.2 Å². The van der Waals surface area contributed by atoms with Gasteiger partial charge in [0.2, 0.25) is 0 Å². The molecule has 1 aromatic carbocycles. The van der Waals surface area contributed by atoms with E-state index in [0.717, 1.165) is 0 Å². The SMILES string of the molecule is Cc1c(C(=O)N(C)C)cnn1-c1ccc([N+](=O)[O-])cc1. The Kier molecular flexibility index (Phi) is 3.51. The van der Waals surface area contributed by atoms with Gasteiger partial charge in [0.05, 0.1) is 28.1 Å². The van der Waals surface area contributed by atoms with Crippen LogP contribution in [0.4, 0.5) is 5.69 Å². The van der Waals surface area contributed by atoms with E-state index in [1.807, 2.05) is 0 Å². The van der Waals surface area contributed by atoms with Crippen LogP contribution < -0.4 is 0 Å². The van der Waals surface area contributed by atoms with Gasteiger partial charge in [0.25, 0.3) is 11.6 Å². The fraction of sp³-hybridized carbons (Fsp3) is 0.231. The second-order valence-corrected chi connectivity index (χ2v) is 4.53. The number of benzene rings is 1. The quantitative estimate of drug-likeness (QED) is 0.631. The van der Waals surface area contributed by atoms with Crippen molar-refractivity contribution in [2.75, 3.05) is 14.1 Å². The Morgan fingerprint density at radius 2 is 1.90 bits per heavy atom. The molecule has 0 spiro atoms. The van der Waals surface area contributed by atoms with Gasteiger partial charge < -0.3 is 4.90 Å². The third-order valence-electron chi connectivity index (χ3n) is 2.95. The van der Waals surface area contributed by atoms with Crippen LogP contribution in [0.15, 0.2) is 30.5 Å². The van der Waals surface area contributed by atoms with Crippen LogP contribution >= 0.6 is 0 Å². The lowest BCUT2D eigenvalue weighted by Crippen LogP contribution is -2.22.